The van der Waals surface area contributed by atoms with Crippen molar-refractivity contribution in [1.82, 2.24) is 24.3 Å². The van der Waals surface area contributed by atoms with E-state index in [1.807, 2.05) is 6.92 Å². The van der Waals surface area contributed by atoms with Crippen molar-refractivity contribution in [1.29, 1.82) is 5.41 Å². The van der Waals surface area contributed by atoms with E-state index in [0.717, 1.165) is 0 Å². The number of halogens is 2. The summed E-state index contributed by atoms with van der Waals surface area (Å²) in [5.74, 6) is -1.25. The van der Waals surface area contributed by atoms with E-state index in [-0.39, 0.29) is 55.2 Å². The molecule has 0 aromatic carbocycles. The minimum atomic E-state index is -0.407. The lowest BCUT2D eigenvalue weighted by atomic mass is 10.2. The van der Waals surface area contributed by atoms with Gasteiger partial charge in [-0.3, -0.25) is 19.8 Å². The zero-order valence-electron chi connectivity index (χ0n) is 21.5. The van der Waals surface area contributed by atoms with Crippen LogP contribution in [0.5, 0.6) is 0 Å². The summed E-state index contributed by atoms with van der Waals surface area (Å²) >= 11 is 0. The van der Waals surface area contributed by atoms with Gasteiger partial charge in [0.05, 0.1) is 17.1 Å². The van der Waals surface area contributed by atoms with Gasteiger partial charge < -0.3 is 46.4 Å². The Hall–Kier alpha value is -4.10. The SMILES string of the molecule is CCC(CNC(=O)c1cc(NC(=O)c2cc(NC(=O)c3cc(N)cn3C)cn2C)cn1C)NC(=N)N.Cl.Cl. The van der Waals surface area contributed by atoms with Crippen LogP contribution < -0.4 is 32.7 Å². The molecule has 13 nitrogen and oxygen atoms in total. The summed E-state index contributed by atoms with van der Waals surface area (Å²) in [7, 11) is 5.10. The maximum atomic E-state index is 12.9. The fourth-order valence-corrected chi connectivity index (χ4v) is 3.75. The van der Waals surface area contributed by atoms with Gasteiger partial charge in [0.15, 0.2) is 5.96 Å². The number of rotatable bonds is 9. The first kappa shape index (κ1) is 31.9. The second-order valence-electron chi connectivity index (χ2n) is 8.50. The van der Waals surface area contributed by atoms with Gasteiger partial charge in [0, 0.05) is 52.3 Å². The molecule has 0 radical (unpaired) electrons. The molecule has 9 N–H and O–H groups in total. The highest BCUT2D eigenvalue weighted by Crippen LogP contribution is 2.19. The van der Waals surface area contributed by atoms with Crippen LogP contribution in [-0.2, 0) is 21.1 Å². The number of hydrogen-bond acceptors (Lipinski definition) is 5. The van der Waals surface area contributed by atoms with E-state index >= 15 is 0 Å². The summed E-state index contributed by atoms with van der Waals surface area (Å²) in [5, 5.41) is 18.5. The highest BCUT2D eigenvalue weighted by atomic mass is 35.5. The fraction of sp³-hybridized carbons (Fsp3) is 0.304. The smallest absolute Gasteiger partial charge is 0.272 e. The molecule has 38 heavy (non-hydrogen) atoms. The molecule has 0 spiro atoms. The van der Waals surface area contributed by atoms with Crippen molar-refractivity contribution in [3.05, 3.63) is 53.9 Å². The van der Waals surface area contributed by atoms with Crippen molar-refractivity contribution in [2.45, 2.75) is 19.4 Å². The predicted molar refractivity (Wildman–Crippen MR) is 153 cm³/mol. The molecule has 0 saturated carbocycles. The number of carbonyl (C=O) groups excluding carboxylic acids is 3. The number of carbonyl (C=O) groups is 3. The number of hydrogen-bond donors (Lipinski definition) is 7. The summed E-state index contributed by atoms with van der Waals surface area (Å²) in [4.78, 5) is 38.1. The van der Waals surface area contributed by atoms with Gasteiger partial charge in [-0.05, 0) is 24.6 Å². The van der Waals surface area contributed by atoms with Crippen LogP contribution in [0.4, 0.5) is 17.1 Å². The van der Waals surface area contributed by atoms with E-state index in [2.05, 4.69) is 21.3 Å². The molecule has 3 aromatic heterocycles. The van der Waals surface area contributed by atoms with Crippen LogP contribution >= 0.6 is 24.8 Å². The first-order valence-corrected chi connectivity index (χ1v) is 11.2. The normalized spacial score (nSPS) is 10.9. The van der Waals surface area contributed by atoms with Gasteiger partial charge in [-0.25, -0.2) is 0 Å². The Morgan fingerprint density at radius 1 is 0.842 bits per heavy atom. The molecule has 0 saturated heterocycles. The molecule has 3 amide bonds. The second kappa shape index (κ2) is 13.4. The third kappa shape index (κ3) is 7.70. The van der Waals surface area contributed by atoms with E-state index in [4.69, 9.17) is 16.9 Å². The molecular weight excluding hydrogens is 535 g/mol. The number of aryl methyl sites for hydroxylation is 3. The summed E-state index contributed by atoms with van der Waals surface area (Å²) in [6.45, 7) is 2.20. The summed E-state index contributed by atoms with van der Waals surface area (Å²) in [5.41, 5.74) is 13.5. The summed E-state index contributed by atoms with van der Waals surface area (Å²) < 4.78 is 4.81. The molecule has 0 aliphatic heterocycles. The Labute approximate surface area is 232 Å². The molecule has 0 aliphatic carbocycles. The van der Waals surface area contributed by atoms with E-state index in [0.29, 0.717) is 40.6 Å². The van der Waals surface area contributed by atoms with Gasteiger partial charge >= 0.3 is 0 Å². The van der Waals surface area contributed by atoms with Gasteiger partial charge in [0.1, 0.15) is 17.1 Å². The van der Waals surface area contributed by atoms with Crippen LogP contribution in [0.15, 0.2) is 36.8 Å². The largest absolute Gasteiger partial charge is 0.397 e. The number of nitrogens with zero attached hydrogens (tertiary/aromatic N) is 3. The van der Waals surface area contributed by atoms with Crippen molar-refractivity contribution in [3.8, 4) is 0 Å². The molecule has 3 heterocycles. The highest BCUT2D eigenvalue weighted by Gasteiger charge is 2.18. The van der Waals surface area contributed by atoms with Crippen LogP contribution in [0.3, 0.4) is 0 Å². The Morgan fingerprint density at radius 3 is 1.71 bits per heavy atom. The number of amides is 3. The topological polar surface area (TPSA) is 190 Å². The standard InChI is InChI=1S/C23H32N10O3.2ClH/c1-5-14(30-23(25)26)9-27-20(34)18-7-15(11-32(18)3)29-22(36)19-8-16(12-33(19)4)28-21(35)17-6-13(24)10-31(17)2;;/h6-8,10-12,14H,5,9,24H2,1-4H3,(H,27,34)(H,28,35)(H,29,36)(H4,25,26,30);2*1H. The number of anilines is 3. The highest BCUT2D eigenvalue weighted by molar-refractivity contribution is 6.07. The Kier molecular flexibility index (Phi) is 11.3. The summed E-state index contributed by atoms with van der Waals surface area (Å²) in [6, 6.07) is 4.52. The molecule has 1 atom stereocenters. The van der Waals surface area contributed by atoms with Crippen molar-refractivity contribution < 1.29 is 14.4 Å². The first-order valence-electron chi connectivity index (χ1n) is 11.2. The van der Waals surface area contributed by atoms with Gasteiger partial charge in [0.25, 0.3) is 17.7 Å². The molecule has 0 fully saturated rings. The first-order chi connectivity index (χ1) is 17.0. The Bertz CT molecular complexity index is 1310. The number of guanidine groups is 1. The summed E-state index contributed by atoms with van der Waals surface area (Å²) in [6.07, 6.45) is 5.57. The van der Waals surface area contributed by atoms with Crippen LogP contribution in [0.1, 0.15) is 44.8 Å². The third-order valence-corrected chi connectivity index (χ3v) is 5.61. The van der Waals surface area contributed by atoms with Crippen molar-refractivity contribution in [2.75, 3.05) is 22.9 Å². The molecule has 208 valence electrons. The number of nitrogen functional groups attached to an aromatic ring is 1. The molecule has 0 aliphatic rings. The minimum Gasteiger partial charge on any atom is -0.397 e. The average molecular weight is 569 g/mol. The lowest BCUT2D eigenvalue weighted by Crippen LogP contribution is -2.45. The predicted octanol–water partition coefficient (Wildman–Crippen LogP) is 1.62. The quantitative estimate of drug-likeness (QED) is 0.151. The van der Waals surface area contributed by atoms with Crippen LogP contribution in [0.2, 0.25) is 0 Å². The molecule has 15 heteroatoms. The number of aromatic nitrogens is 3. The maximum Gasteiger partial charge on any atom is 0.272 e. The maximum absolute atomic E-state index is 12.9. The van der Waals surface area contributed by atoms with Gasteiger partial charge in [-0.1, -0.05) is 6.92 Å². The Balaban J connectivity index is 0.00000361. The zero-order chi connectivity index (χ0) is 26.6. The fourth-order valence-electron chi connectivity index (χ4n) is 3.75. The zero-order valence-corrected chi connectivity index (χ0v) is 23.1. The van der Waals surface area contributed by atoms with Crippen LogP contribution in [-0.4, -0.2) is 50.0 Å². The van der Waals surface area contributed by atoms with Crippen LogP contribution in [0, 0.1) is 5.41 Å². The van der Waals surface area contributed by atoms with Gasteiger partial charge in [-0.2, -0.15) is 0 Å². The number of nitrogens with two attached hydrogens (primary N) is 2. The molecule has 3 aromatic rings. The Morgan fingerprint density at radius 2 is 1.29 bits per heavy atom. The van der Waals surface area contributed by atoms with Crippen molar-refractivity contribution in [2.24, 2.45) is 26.9 Å². The van der Waals surface area contributed by atoms with Crippen LogP contribution in [0.25, 0.3) is 0 Å². The van der Waals surface area contributed by atoms with Gasteiger partial charge in [-0.15, -0.1) is 24.8 Å². The van der Waals surface area contributed by atoms with Crippen molar-refractivity contribution >= 4 is 65.6 Å². The van der Waals surface area contributed by atoms with Gasteiger partial charge in [0.2, 0.25) is 0 Å². The van der Waals surface area contributed by atoms with Crippen molar-refractivity contribution in [3.63, 3.8) is 0 Å². The molecular formula is C23H34Cl2N10O3. The molecule has 0 bridgehead atoms. The molecule has 3 rings (SSSR count). The third-order valence-electron chi connectivity index (χ3n) is 5.61. The second-order valence-corrected chi connectivity index (χ2v) is 8.50. The van der Waals surface area contributed by atoms with E-state index < -0.39 is 5.91 Å². The average Bonchev–Trinajstić information content (AvgIpc) is 3.46. The monoisotopic (exact) mass is 568 g/mol. The lowest BCUT2D eigenvalue weighted by molar-refractivity contribution is 0.0940. The van der Waals surface area contributed by atoms with E-state index in [1.165, 1.54) is 0 Å². The lowest BCUT2D eigenvalue weighted by Gasteiger charge is -2.17. The van der Waals surface area contributed by atoms with E-state index in [1.54, 1.807) is 71.6 Å². The van der Waals surface area contributed by atoms with E-state index in [9.17, 15) is 14.4 Å². The number of nitrogens with one attached hydrogen (secondary N) is 5. The minimum absolute atomic E-state index is 0. The molecule has 1 unspecified atom stereocenters.